The third-order valence-corrected chi connectivity index (χ3v) is 5.45. The van der Waals surface area contributed by atoms with Crippen molar-refractivity contribution in [2.75, 3.05) is 0 Å². The number of unbranched alkanes of at least 4 members (excludes halogenated alkanes) is 6. The zero-order valence-electron chi connectivity index (χ0n) is 18.4. The van der Waals surface area contributed by atoms with Crippen LogP contribution in [-0.4, -0.2) is 28.4 Å². The van der Waals surface area contributed by atoms with Gasteiger partial charge in [-0.25, -0.2) is 0 Å². The Labute approximate surface area is 177 Å². The van der Waals surface area contributed by atoms with Crippen LogP contribution in [0.4, 0.5) is 0 Å². The average molecular weight is 407 g/mol. The molecule has 0 saturated carbocycles. The molecule has 0 bridgehead atoms. The van der Waals surface area contributed by atoms with Gasteiger partial charge in [0.25, 0.3) is 0 Å². The Hall–Kier alpha value is -1.39. The standard InChI is InChI=1S/C25H42O4/c1-2-3-18-24(29-21-22-14-9-8-10-15-22)19-12-7-5-4-6-11-16-23(26)17-13-20-25(27)28/h8-10,14-15,23-24,26H,2-7,11-13,16-21H2,1H3,(H,27,28). The van der Waals surface area contributed by atoms with Crippen molar-refractivity contribution in [1.29, 1.82) is 0 Å². The van der Waals surface area contributed by atoms with E-state index in [-0.39, 0.29) is 12.5 Å². The highest BCUT2D eigenvalue weighted by molar-refractivity contribution is 5.66. The Morgan fingerprint density at radius 2 is 1.45 bits per heavy atom. The molecule has 29 heavy (non-hydrogen) atoms. The largest absolute Gasteiger partial charge is 0.481 e. The molecule has 4 heteroatoms. The highest BCUT2D eigenvalue weighted by Crippen LogP contribution is 2.17. The Kier molecular flexibility index (Phi) is 15.4. The molecule has 0 aliphatic rings. The molecular weight excluding hydrogens is 364 g/mol. The minimum Gasteiger partial charge on any atom is -0.481 e. The Morgan fingerprint density at radius 3 is 2.10 bits per heavy atom. The minimum atomic E-state index is -0.778. The van der Waals surface area contributed by atoms with E-state index in [1.54, 1.807) is 0 Å². The van der Waals surface area contributed by atoms with Crippen molar-refractivity contribution in [2.45, 2.75) is 116 Å². The van der Waals surface area contributed by atoms with Gasteiger partial charge in [0.15, 0.2) is 0 Å². The molecule has 0 aliphatic carbocycles. The second-order valence-electron chi connectivity index (χ2n) is 8.20. The number of benzene rings is 1. The van der Waals surface area contributed by atoms with Crippen molar-refractivity contribution < 1.29 is 19.7 Å². The van der Waals surface area contributed by atoms with E-state index < -0.39 is 5.97 Å². The van der Waals surface area contributed by atoms with Crippen LogP contribution in [0, 0.1) is 0 Å². The van der Waals surface area contributed by atoms with Gasteiger partial charge in [-0.1, -0.05) is 88.6 Å². The van der Waals surface area contributed by atoms with Crippen molar-refractivity contribution in [1.82, 2.24) is 0 Å². The summed E-state index contributed by atoms with van der Waals surface area (Å²) in [6.45, 7) is 2.95. The fraction of sp³-hybridized carbons (Fsp3) is 0.720. The van der Waals surface area contributed by atoms with E-state index >= 15 is 0 Å². The molecule has 0 heterocycles. The van der Waals surface area contributed by atoms with E-state index in [2.05, 4.69) is 31.2 Å². The van der Waals surface area contributed by atoms with Crippen LogP contribution in [0.2, 0.25) is 0 Å². The predicted molar refractivity (Wildman–Crippen MR) is 119 cm³/mol. The van der Waals surface area contributed by atoms with Crippen LogP contribution in [0.25, 0.3) is 0 Å². The van der Waals surface area contributed by atoms with E-state index in [1.807, 2.05) is 6.07 Å². The van der Waals surface area contributed by atoms with Gasteiger partial charge in [-0.2, -0.15) is 0 Å². The molecule has 2 N–H and O–H groups in total. The van der Waals surface area contributed by atoms with Crippen LogP contribution in [0.3, 0.4) is 0 Å². The Balaban J connectivity index is 2.04. The molecule has 0 aliphatic heterocycles. The van der Waals surface area contributed by atoms with Crippen LogP contribution in [0.1, 0.15) is 102 Å². The molecule has 1 aromatic carbocycles. The van der Waals surface area contributed by atoms with Crippen LogP contribution in [0.15, 0.2) is 30.3 Å². The van der Waals surface area contributed by atoms with E-state index in [0.29, 0.717) is 25.6 Å². The second-order valence-corrected chi connectivity index (χ2v) is 8.20. The maximum Gasteiger partial charge on any atom is 0.303 e. The fourth-order valence-corrected chi connectivity index (χ4v) is 3.62. The summed E-state index contributed by atoms with van der Waals surface area (Å²) >= 11 is 0. The first kappa shape index (κ1) is 25.6. The molecule has 0 fully saturated rings. The molecule has 1 rings (SSSR count). The van der Waals surface area contributed by atoms with Gasteiger partial charge in [-0.05, 0) is 37.7 Å². The summed E-state index contributed by atoms with van der Waals surface area (Å²) in [5.41, 5.74) is 1.25. The number of carboxylic acid groups (broad SMARTS) is 1. The Bertz CT molecular complexity index is 503. The normalized spacial score (nSPS) is 13.3. The van der Waals surface area contributed by atoms with Gasteiger partial charge in [0, 0.05) is 6.42 Å². The minimum absolute atomic E-state index is 0.158. The van der Waals surface area contributed by atoms with Crippen molar-refractivity contribution in [3.63, 3.8) is 0 Å². The first-order chi connectivity index (χ1) is 14.1. The van der Waals surface area contributed by atoms with Gasteiger partial charge in [-0.3, -0.25) is 4.79 Å². The lowest BCUT2D eigenvalue weighted by atomic mass is 10.0. The van der Waals surface area contributed by atoms with E-state index in [4.69, 9.17) is 9.84 Å². The molecule has 4 nitrogen and oxygen atoms in total. The number of hydrogen-bond acceptors (Lipinski definition) is 3. The van der Waals surface area contributed by atoms with Crippen LogP contribution >= 0.6 is 0 Å². The highest BCUT2D eigenvalue weighted by atomic mass is 16.5. The number of carboxylic acids is 1. The maximum atomic E-state index is 10.5. The summed E-state index contributed by atoms with van der Waals surface area (Å²) in [7, 11) is 0. The molecule has 166 valence electrons. The summed E-state index contributed by atoms with van der Waals surface area (Å²) in [4.78, 5) is 10.5. The number of aliphatic carboxylic acids is 1. The van der Waals surface area contributed by atoms with E-state index in [0.717, 1.165) is 32.1 Å². The third-order valence-electron chi connectivity index (χ3n) is 5.45. The first-order valence-electron chi connectivity index (χ1n) is 11.7. The molecule has 1 aromatic rings. The van der Waals surface area contributed by atoms with Gasteiger partial charge in [0.05, 0.1) is 18.8 Å². The monoisotopic (exact) mass is 406 g/mol. The third kappa shape index (κ3) is 15.2. The fourth-order valence-electron chi connectivity index (χ4n) is 3.62. The summed E-state index contributed by atoms with van der Waals surface area (Å²) in [5, 5.41) is 18.5. The molecule has 2 unspecified atom stereocenters. The molecule has 2 atom stereocenters. The average Bonchev–Trinajstić information content (AvgIpc) is 2.71. The molecule has 0 aromatic heterocycles. The second kappa shape index (κ2) is 17.5. The van der Waals surface area contributed by atoms with Gasteiger partial charge in [-0.15, -0.1) is 0 Å². The summed E-state index contributed by atoms with van der Waals surface area (Å²) < 4.78 is 6.18. The van der Waals surface area contributed by atoms with Crippen LogP contribution in [0.5, 0.6) is 0 Å². The van der Waals surface area contributed by atoms with Gasteiger partial charge in [0.2, 0.25) is 0 Å². The summed E-state index contributed by atoms with van der Waals surface area (Å²) in [5.74, 6) is -0.778. The Morgan fingerprint density at radius 1 is 0.862 bits per heavy atom. The lowest BCUT2D eigenvalue weighted by Crippen LogP contribution is -2.13. The zero-order valence-corrected chi connectivity index (χ0v) is 18.4. The lowest BCUT2D eigenvalue weighted by Gasteiger charge is -2.18. The number of hydrogen-bond donors (Lipinski definition) is 2. The molecule has 0 radical (unpaired) electrons. The van der Waals surface area contributed by atoms with E-state index in [9.17, 15) is 9.90 Å². The number of carbonyl (C=O) groups is 1. The number of rotatable bonds is 19. The van der Waals surface area contributed by atoms with Crippen molar-refractivity contribution in [3.8, 4) is 0 Å². The van der Waals surface area contributed by atoms with E-state index in [1.165, 1.54) is 44.1 Å². The van der Waals surface area contributed by atoms with Crippen LogP contribution in [-0.2, 0) is 16.1 Å². The lowest BCUT2D eigenvalue weighted by molar-refractivity contribution is -0.137. The summed E-state index contributed by atoms with van der Waals surface area (Å²) in [6, 6.07) is 10.4. The highest BCUT2D eigenvalue weighted by Gasteiger charge is 2.09. The van der Waals surface area contributed by atoms with Crippen molar-refractivity contribution >= 4 is 5.97 Å². The number of aliphatic hydroxyl groups is 1. The van der Waals surface area contributed by atoms with Gasteiger partial charge < -0.3 is 14.9 Å². The molecule has 0 spiro atoms. The SMILES string of the molecule is CCCCC(CCCCCCCCC(O)CCCC(=O)O)OCc1ccccc1. The maximum absolute atomic E-state index is 10.5. The zero-order chi connectivity index (χ0) is 21.2. The molecule has 0 amide bonds. The first-order valence-corrected chi connectivity index (χ1v) is 11.7. The smallest absolute Gasteiger partial charge is 0.303 e. The number of aliphatic hydroxyl groups excluding tert-OH is 1. The van der Waals surface area contributed by atoms with Crippen molar-refractivity contribution in [2.24, 2.45) is 0 Å². The van der Waals surface area contributed by atoms with Gasteiger partial charge >= 0.3 is 5.97 Å². The van der Waals surface area contributed by atoms with Crippen LogP contribution < -0.4 is 0 Å². The summed E-state index contributed by atoms with van der Waals surface area (Å²) in [6.07, 6.45) is 14.0. The topological polar surface area (TPSA) is 66.8 Å². The number of ether oxygens (including phenoxy) is 1. The van der Waals surface area contributed by atoms with Gasteiger partial charge in [0.1, 0.15) is 0 Å². The molecule has 0 saturated heterocycles. The molecular formula is C25H42O4. The van der Waals surface area contributed by atoms with Crippen molar-refractivity contribution in [3.05, 3.63) is 35.9 Å². The quantitative estimate of drug-likeness (QED) is 0.257. The predicted octanol–water partition coefficient (Wildman–Crippen LogP) is 6.50.